The Labute approximate surface area is 119 Å². The molecule has 0 radical (unpaired) electrons. The molecule has 9 heteroatoms. The Morgan fingerprint density at radius 3 is 2.57 bits per heavy atom. The maximum atomic E-state index is 11.8. The molecule has 21 heavy (non-hydrogen) atoms. The number of primary amides is 1. The molecule has 3 amide bonds. The van der Waals surface area contributed by atoms with Crippen LogP contribution in [0.4, 0.5) is 0 Å². The number of nitrogens with one attached hydrogen (secondary N) is 1. The number of hydrogen-bond acceptors (Lipinski definition) is 5. The van der Waals surface area contributed by atoms with Crippen LogP contribution < -0.4 is 11.1 Å². The van der Waals surface area contributed by atoms with Crippen LogP contribution in [0.15, 0.2) is 22.8 Å². The Kier molecular flexibility index (Phi) is 5.47. The molecule has 0 fully saturated rings. The lowest BCUT2D eigenvalue weighted by molar-refractivity contribution is -0.143. The predicted octanol–water partition coefficient (Wildman–Crippen LogP) is -1.20. The lowest BCUT2D eigenvalue weighted by Crippen LogP contribution is -2.47. The zero-order valence-electron chi connectivity index (χ0n) is 11.2. The van der Waals surface area contributed by atoms with Crippen LogP contribution in [-0.4, -0.2) is 53.3 Å². The molecule has 0 bridgehead atoms. The molecule has 0 saturated heterocycles. The van der Waals surface area contributed by atoms with E-state index in [0.29, 0.717) is 0 Å². The van der Waals surface area contributed by atoms with Crippen LogP contribution >= 0.6 is 0 Å². The van der Waals surface area contributed by atoms with E-state index in [9.17, 15) is 19.2 Å². The molecule has 1 aromatic heterocycles. The zero-order valence-corrected chi connectivity index (χ0v) is 11.2. The summed E-state index contributed by atoms with van der Waals surface area (Å²) in [5.74, 6) is -3.45. The van der Waals surface area contributed by atoms with Crippen molar-refractivity contribution in [1.82, 2.24) is 10.2 Å². The molecule has 0 aliphatic carbocycles. The highest BCUT2D eigenvalue weighted by Gasteiger charge is 2.24. The van der Waals surface area contributed by atoms with Gasteiger partial charge in [-0.15, -0.1) is 0 Å². The van der Waals surface area contributed by atoms with Crippen LogP contribution in [0.5, 0.6) is 0 Å². The van der Waals surface area contributed by atoms with Crippen molar-refractivity contribution in [2.24, 2.45) is 5.73 Å². The minimum Gasteiger partial charge on any atom is -0.480 e. The average Bonchev–Trinajstić information content (AvgIpc) is 2.89. The summed E-state index contributed by atoms with van der Waals surface area (Å²) in [6, 6.07) is 1.53. The summed E-state index contributed by atoms with van der Waals surface area (Å²) in [7, 11) is 1.36. The summed E-state index contributed by atoms with van der Waals surface area (Å²) in [6.45, 7) is -0.387. The second-order valence-electron chi connectivity index (χ2n) is 4.27. The smallest absolute Gasteiger partial charge is 0.326 e. The van der Waals surface area contributed by atoms with Gasteiger partial charge >= 0.3 is 5.97 Å². The molecule has 9 nitrogen and oxygen atoms in total. The molecule has 4 N–H and O–H groups in total. The number of carboxylic acid groups (broad SMARTS) is 1. The van der Waals surface area contributed by atoms with Gasteiger partial charge in [-0.1, -0.05) is 0 Å². The Bertz CT molecular complexity index is 539. The molecule has 114 valence electrons. The fourth-order valence-electron chi connectivity index (χ4n) is 1.52. The Balaban J connectivity index is 2.57. The number of hydrogen-bond donors (Lipinski definition) is 3. The summed E-state index contributed by atoms with van der Waals surface area (Å²) in [5, 5.41) is 11.0. The van der Waals surface area contributed by atoms with Crippen molar-refractivity contribution in [3.63, 3.8) is 0 Å². The van der Waals surface area contributed by atoms with E-state index in [2.05, 4.69) is 5.32 Å². The van der Waals surface area contributed by atoms with Gasteiger partial charge in [-0.3, -0.25) is 14.4 Å². The van der Waals surface area contributed by atoms with Crippen LogP contribution in [-0.2, 0) is 14.4 Å². The van der Waals surface area contributed by atoms with E-state index in [-0.39, 0.29) is 12.3 Å². The number of carbonyl (C=O) groups is 4. The average molecular weight is 297 g/mol. The van der Waals surface area contributed by atoms with Gasteiger partial charge in [0.2, 0.25) is 11.8 Å². The molecule has 1 atom stereocenters. The Morgan fingerprint density at radius 2 is 2.10 bits per heavy atom. The van der Waals surface area contributed by atoms with Gasteiger partial charge in [-0.05, 0) is 12.1 Å². The van der Waals surface area contributed by atoms with E-state index in [1.54, 1.807) is 0 Å². The van der Waals surface area contributed by atoms with Crippen LogP contribution in [0, 0.1) is 0 Å². The molecule has 1 aromatic rings. The third kappa shape index (κ3) is 4.97. The van der Waals surface area contributed by atoms with Crippen LogP contribution in [0.3, 0.4) is 0 Å². The fraction of sp³-hybridized carbons (Fsp3) is 0.333. The van der Waals surface area contributed by atoms with E-state index in [0.717, 1.165) is 4.90 Å². The minimum atomic E-state index is -1.43. The standard InChI is InChI=1S/C12H15N3O6/c1-15(11(18)8-3-2-4-21-8)6-10(17)14-7(12(19)20)5-9(13)16/h2-4,7H,5-6H2,1H3,(H2,13,16)(H,14,17)(H,19,20)/t7-/m0/s1. The lowest BCUT2D eigenvalue weighted by atomic mass is 10.2. The first kappa shape index (κ1) is 16.2. The maximum Gasteiger partial charge on any atom is 0.326 e. The van der Waals surface area contributed by atoms with E-state index >= 15 is 0 Å². The molecule has 0 aliphatic heterocycles. The summed E-state index contributed by atoms with van der Waals surface area (Å²) in [6.07, 6.45) is 0.783. The second-order valence-corrected chi connectivity index (χ2v) is 4.27. The molecule has 0 aromatic carbocycles. The normalized spacial score (nSPS) is 11.5. The Hall–Kier alpha value is -2.84. The van der Waals surface area contributed by atoms with Crippen molar-refractivity contribution in [2.45, 2.75) is 12.5 Å². The van der Waals surface area contributed by atoms with Gasteiger partial charge in [0.25, 0.3) is 5.91 Å². The third-order valence-corrected chi connectivity index (χ3v) is 2.50. The first-order valence-electron chi connectivity index (χ1n) is 5.90. The number of nitrogens with zero attached hydrogens (tertiary/aromatic N) is 1. The number of amides is 3. The van der Waals surface area contributed by atoms with Crippen molar-refractivity contribution in [2.75, 3.05) is 13.6 Å². The van der Waals surface area contributed by atoms with E-state index in [1.807, 2.05) is 0 Å². The van der Waals surface area contributed by atoms with Gasteiger partial charge in [0.1, 0.15) is 6.04 Å². The molecule has 1 rings (SSSR count). The van der Waals surface area contributed by atoms with E-state index < -0.39 is 36.2 Å². The molecular formula is C12H15N3O6. The fourth-order valence-corrected chi connectivity index (χ4v) is 1.52. The summed E-state index contributed by atoms with van der Waals surface area (Å²) >= 11 is 0. The van der Waals surface area contributed by atoms with Gasteiger partial charge in [0, 0.05) is 7.05 Å². The van der Waals surface area contributed by atoms with Gasteiger partial charge in [0.05, 0.1) is 19.2 Å². The van der Waals surface area contributed by atoms with Crippen molar-refractivity contribution in [1.29, 1.82) is 0 Å². The molecule has 0 aliphatic rings. The van der Waals surface area contributed by atoms with Crippen LogP contribution in [0.1, 0.15) is 17.0 Å². The van der Waals surface area contributed by atoms with Gasteiger partial charge < -0.3 is 25.5 Å². The first-order valence-corrected chi connectivity index (χ1v) is 5.90. The van der Waals surface area contributed by atoms with Gasteiger partial charge in [-0.2, -0.15) is 0 Å². The predicted molar refractivity (Wildman–Crippen MR) is 69.0 cm³/mol. The lowest BCUT2D eigenvalue weighted by Gasteiger charge is -2.18. The zero-order chi connectivity index (χ0) is 16.0. The molecule has 0 unspecified atom stereocenters. The molecule has 1 heterocycles. The highest BCUT2D eigenvalue weighted by Crippen LogP contribution is 2.03. The monoisotopic (exact) mass is 297 g/mol. The Morgan fingerprint density at radius 1 is 1.43 bits per heavy atom. The molecule has 0 saturated carbocycles. The third-order valence-electron chi connectivity index (χ3n) is 2.50. The minimum absolute atomic E-state index is 0.0530. The number of nitrogens with two attached hydrogens (primary N) is 1. The van der Waals surface area contributed by atoms with E-state index in [1.165, 1.54) is 25.4 Å². The van der Waals surface area contributed by atoms with Crippen molar-refractivity contribution >= 4 is 23.7 Å². The highest BCUT2D eigenvalue weighted by molar-refractivity contribution is 5.95. The number of likely N-dealkylation sites (N-methyl/N-ethyl adjacent to an activating group) is 1. The van der Waals surface area contributed by atoms with Gasteiger partial charge in [-0.25, -0.2) is 4.79 Å². The highest BCUT2D eigenvalue weighted by atomic mass is 16.4. The number of aliphatic carboxylic acids is 1. The molecular weight excluding hydrogens is 282 g/mol. The number of furan rings is 1. The number of carbonyl (C=O) groups excluding carboxylic acids is 3. The largest absolute Gasteiger partial charge is 0.480 e. The van der Waals surface area contributed by atoms with E-state index in [4.69, 9.17) is 15.3 Å². The van der Waals surface area contributed by atoms with Crippen LogP contribution in [0.25, 0.3) is 0 Å². The SMILES string of the molecule is CN(CC(=O)N[C@@H](CC(N)=O)C(=O)O)C(=O)c1ccco1. The quantitative estimate of drug-likeness (QED) is 0.576. The second kappa shape index (κ2) is 7.08. The topological polar surface area (TPSA) is 143 Å². The number of carboxylic acids is 1. The number of rotatable bonds is 7. The summed E-state index contributed by atoms with van der Waals surface area (Å²) in [4.78, 5) is 46.1. The first-order chi connectivity index (χ1) is 9.81. The summed E-state index contributed by atoms with van der Waals surface area (Å²) < 4.78 is 4.89. The molecule has 0 spiro atoms. The summed E-state index contributed by atoms with van der Waals surface area (Å²) in [5.41, 5.74) is 4.89. The van der Waals surface area contributed by atoms with Gasteiger partial charge in [0.15, 0.2) is 5.76 Å². The van der Waals surface area contributed by atoms with Crippen molar-refractivity contribution in [3.8, 4) is 0 Å². The van der Waals surface area contributed by atoms with Crippen molar-refractivity contribution in [3.05, 3.63) is 24.2 Å². The van der Waals surface area contributed by atoms with Crippen molar-refractivity contribution < 1.29 is 28.7 Å². The van der Waals surface area contributed by atoms with Crippen LogP contribution in [0.2, 0.25) is 0 Å². The maximum absolute atomic E-state index is 11.8.